The number of hydrogen-bond acceptors (Lipinski definition) is 8. The second kappa shape index (κ2) is 15.1. The van der Waals surface area contributed by atoms with Crippen LogP contribution in [0.15, 0.2) is 42.0 Å². The molecule has 0 spiro atoms. The predicted molar refractivity (Wildman–Crippen MR) is 170 cm³/mol. The molecule has 9 nitrogen and oxygen atoms in total. The third-order valence-corrected chi connectivity index (χ3v) is 9.34. The normalized spacial score (nSPS) is 31.0. The summed E-state index contributed by atoms with van der Waals surface area (Å²) in [4.78, 5) is 46.0. The lowest BCUT2D eigenvalue weighted by Gasteiger charge is -2.33. The van der Waals surface area contributed by atoms with Crippen LogP contribution < -0.4 is 10.2 Å². The van der Waals surface area contributed by atoms with Gasteiger partial charge in [-0.3, -0.25) is 9.59 Å². The molecular formula is C34H50N4O5. The molecule has 0 saturated carbocycles. The molecule has 43 heavy (non-hydrogen) atoms. The fraction of sp³-hybridized carbons (Fsp3) is 0.618. The zero-order valence-electron chi connectivity index (χ0n) is 26.5. The average molecular weight is 595 g/mol. The van der Waals surface area contributed by atoms with E-state index in [4.69, 9.17) is 4.74 Å². The summed E-state index contributed by atoms with van der Waals surface area (Å²) in [6.45, 7) is 10.6. The SMILES string of the molecule is CN[C@H]1CCN(c2cccc(/C=C(\C)[C@H]3C(=O)C(=O)C[C@@H](O)CC[C@@H](C)[C@@H](OC(=O)N4CCN(C)CC4)/C=C/[C@@H]3C)c2)C1. The molecule has 2 saturated heterocycles. The number of allylic oxidation sites excluding steroid dienone is 2. The number of carbonyl (C=O) groups excluding carboxylic acids is 3. The summed E-state index contributed by atoms with van der Waals surface area (Å²) in [7, 11) is 4.03. The lowest BCUT2D eigenvalue weighted by atomic mass is 9.80. The Hall–Kier alpha value is -3.01. The number of nitrogens with one attached hydrogen (secondary N) is 1. The van der Waals surface area contributed by atoms with Gasteiger partial charge >= 0.3 is 6.09 Å². The van der Waals surface area contributed by atoms with Gasteiger partial charge in [0, 0.05) is 57.4 Å². The van der Waals surface area contributed by atoms with E-state index in [1.807, 2.05) is 65.2 Å². The Bertz CT molecular complexity index is 1190. The molecule has 6 atom stereocenters. The molecule has 2 fully saturated rings. The number of anilines is 1. The maximum Gasteiger partial charge on any atom is 0.410 e. The molecule has 1 aliphatic carbocycles. The van der Waals surface area contributed by atoms with Crippen molar-refractivity contribution in [3.05, 3.63) is 47.6 Å². The molecule has 2 heterocycles. The molecule has 0 radical (unpaired) electrons. The standard InChI is InChI=1S/C34H50N4O5/c1-23-9-11-29(39)21-30(40)33(41)32(24(2)10-12-31(23)43-34(42)37-17-15-36(5)16-18-37)25(3)19-26-7-6-8-28(20-26)38-14-13-27(22-38)35-4/h6-8,10,12,19-20,23-24,27,29,31-32,35,39H,9,11,13-18,21-22H2,1-5H3/b12-10+,25-19+/t23-,24+,27+,29+,31+,32+/m1/s1. The minimum absolute atomic E-state index is 0.0642. The molecule has 0 aromatic heterocycles. The summed E-state index contributed by atoms with van der Waals surface area (Å²) in [5.41, 5.74) is 2.89. The van der Waals surface area contributed by atoms with E-state index in [1.165, 1.54) is 0 Å². The van der Waals surface area contributed by atoms with E-state index in [9.17, 15) is 19.5 Å². The fourth-order valence-electron chi connectivity index (χ4n) is 6.39. The van der Waals surface area contributed by atoms with Crippen molar-refractivity contribution in [3.63, 3.8) is 0 Å². The van der Waals surface area contributed by atoms with Crippen molar-refractivity contribution in [3.8, 4) is 0 Å². The molecule has 2 aliphatic heterocycles. The van der Waals surface area contributed by atoms with Gasteiger partial charge in [-0.05, 0) is 75.9 Å². The largest absolute Gasteiger partial charge is 0.442 e. The Morgan fingerprint density at radius 2 is 1.79 bits per heavy atom. The van der Waals surface area contributed by atoms with E-state index in [0.29, 0.717) is 32.0 Å². The lowest BCUT2D eigenvalue weighted by molar-refractivity contribution is -0.140. The molecule has 0 unspecified atom stereocenters. The maximum atomic E-state index is 13.6. The van der Waals surface area contributed by atoms with E-state index in [0.717, 1.165) is 49.4 Å². The predicted octanol–water partition coefficient (Wildman–Crippen LogP) is 3.77. The maximum absolute atomic E-state index is 13.6. The van der Waals surface area contributed by atoms with Crippen molar-refractivity contribution in [2.45, 2.75) is 64.7 Å². The Labute approximate surface area is 256 Å². The van der Waals surface area contributed by atoms with Crippen LogP contribution in [0, 0.1) is 17.8 Å². The zero-order chi connectivity index (χ0) is 31.1. The van der Waals surface area contributed by atoms with Crippen LogP contribution in [0.3, 0.4) is 0 Å². The number of rotatable bonds is 5. The Kier molecular flexibility index (Phi) is 11.6. The molecule has 1 aromatic carbocycles. The van der Waals surface area contributed by atoms with Crippen molar-refractivity contribution in [2.75, 3.05) is 58.3 Å². The van der Waals surface area contributed by atoms with Crippen LogP contribution in [0.5, 0.6) is 0 Å². The fourth-order valence-corrected chi connectivity index (χ4v) is 6.39. The number of likely N-dealkylation sites (N-methyl/N-ethyl adjacent to an activating group) is 2. The van der Waals surface area contributed by atoms with Gasteiger partial charge in [0.1, 0.15) is 6.10 Å². The van der Waals surface area contributed by atoms with Crippen LogP contribution in [-0.4, -0.2) is 104 Å². The number of Topliss-reactive ketones (excluding diaryl/α,β-unsaturated/α-hetero) is 2. The number of amides is 1. The number of aliphatic hydroxyl groups excluding tert-OH is 1. The number of nitrogens with zero attached hydrogens (tertiary/aromatic N) is 3. The number of carbonyl (C=O) groups is 3. The van der Waals surface area contributed by atoms with Crippen molar-refractivity contribution in [1.82, 2.24) is 15.1 Å². The molecule has 3 aliphatic rings. The highest BCUT2D eigenvalue weighted by molar-refractivity contribution is 6.38. The minimum atomic E-state index is -0.921. The van der Waals surface area contributed by atoms with Crippen LogP contribution in [0.4, 0.5) is 10.5 Å². The Morgan fingerprint density at radius 1 is 1.05 bits per heavy atom. The highest BCUT2D eigenvalue weighted by atomic mass is 16.6. The van der Waals surface area contributed by atoms with E-state index in [2.05, 4.69) is 27.2 Å². The van der Waals surface area contributed by atoms with Crippen molar-refractivity contribution in [2.24, 2.45) is 17.8 Å². The third kappa shape index (κ3) is 8.77. The first-order valence-corrected chi connectivity index (χ1v) is 15.8. The number of benzene rings is 1. The van der Waals surface area contributed by atoms with Crippen LogP contribution in [0.2, 0.25) is 0 Å². The first-order valence-electron chi connectivity index (χ1n) is 15.8. The number of piperazine rings is 1. The average Bonchev–Trinajstić information content (AvgIpc) is 3.47. The Balaban J connectivity index is 1.57. The first kappa shape index (κ1) is 32.9. The van der Waals surface area contributed by atoms with Gasteiger partial charge in [0.15, 0.2) is 0 Å². The van der Waals surface area contributed by atoms with Crippen LogP contribution >= 0.6 is 0 Å². The number of aliphatic hydroxyl groups is 1. The zero-order valence-corrected chi connectivity index (χ0v) is 26.5. The summed E-state index contributed by atoms with van der Waals surface area (Å²) in [5.74, 6) is -2.10. The first-order chi connectivity index (χ1) is 20.5. The van der Waals surface area contributed by atoms with Crippen molar-refractivity contribution < 1.29 is 24.2 Å². The summed E-state index contributed by atoms with van der Waals surface area (Å²) in [6, 6.07) is 8.74. The van der Waals surface area contributed by atoms with Gasteiger partial charge in [0.2, 0.25) is 11.6 Å². The number of ketones is 2. The van der Waals surface area contributed by atoms with Gasteiger partial charge in [-0.15, -0.1) is 0 Å². The smallest absolute Gasteiger partial charge is 0.410 e. The lowest BCUT2D eigenvalue weighted by Crippen LogP contribution is -2.48. The van der Waals surface area contributed by atoms with Crippen LogP contribution in [-0.2, 0) is 14.3 Å². The van der Waals surface area contributed by atoms with Gasteiger partial charge in [0.05, 0.1) is 12.0 Å². The Morgan fingerprint density at radius 3 is 2.49 bits per heavy atom. The number of hydrogen-bond donors (Lipinski definition) is 2. The topological polar surface area (TPSA) is 102 Å². The highest BCUT2D eigenvalue weighted by Crippen LogP contribution is 2.30. The van der Waals surface area contributed by atoms with Crippen molar-refractivity contribution in [1.29, 1.82) is 0 Å². The minimum Gasteiger partial charge on any atom is -0.442 e. The molecule has 1 amide bonds. The molecule has 0 bridgehead atoms. The van der Waals surface area contributed by atoms with E-state index in [-0.39, 0.29) is 24.3 Å². The molecule has 1 aromatic rings. The summed E-state index contributed by atoms with van der Waals surface area (Å²) in [5, 5.41) is 14.0. The van der Waals surface area contributed by atoms with E-state index < -0.39 is 29.7 Å². The second-order valence-electron chi connectivity index (χ2n) is 12.8. The third-order valence-electron chi connectivity index (χ3n) is 9.34. The summed E-state index contributed by atoms with van der Waals surface area (Å²) in [6.07, 6.45) is 5.83. The van der Waals surface area contributed by atoms with E-state index >= 15 is 0 Å². The molecular weight excluding hydrogens is 544 g/mol. The molecule has 2 N–H and O–H groups in total. The number of ether oxygens (including phenoxy) is 1. The summed E-state index contributed by atoms with van der Waals surface area (Å²) >= 11 is 0. The molecule has 4 rings (SSSR count). The van der Waals surface area contributed by atoms with Gasteiger partial charge in [0.25, 0.3) is 0 Å². The quantitative estimate of drug-likeness (QED) is 0.393. The van der Waals surface area contributed by atoms with Crippen molar-refractivity contribution >= 4 is 29.4 Å². The van der Waals surface area contributed by atoms with E-state index in [1.54, 1.807) is 4.90 Å². The van der Waals surface area contributed by atoms with Crippen LogP contribution in [0.25, 0.3) is 6.08 Å². The summed E-state index contributed by atoms with van der Waals surface area (Å²) < 4.78 is 6.01. The van der Waals surface area contributed by atoms with Gasteiger partial charge in [-0.2, -0.15) is 0 Å². The van der Waals surface area contributed by atoms with Gasteiger partial charge in [-0.1, -0.05) is 43.7 Å². The van der Waals surface area contributed by atoms with Gasteiger partial charge in [-0.25, -0.2) is 4.79 Å². The monoisotopic (exact) mass is 594 g/mol. The van der Waals surface area contributed by atoms with Gasteiger partial charge < -0.3 is 29.9 Å². The van der Waals surface area contributed by atoms with Crippen LogP contribution in [0.1, 0.15) is 52.0 Å². The highest BCUT2D eigenvalue weighted by Gasteiger charge is 2.33. The molecule has 236 valence electrons. The second-order valence-corrected chi connectivity index (χ2v) is 12.8. The molecule has 9 heteroatoms.